The fourth-order valence-electron chi connectivity index (χ4n) is 9.77. The minimum atomic E-state index is -1.03. The lowest BCUT2D eigenvalue weighted by Crippen LogP contribution is -2.46. The molecule has 1 unspecified atom stereocenters. The molecule has 4 heterocycles. The van der Waals surface area contributed by atoms with Crippen molar-refractivity contribution in [2.24, 2.45) is 0 Å². The number of aldehydes is 1. The molecule has 3 N–H and O–H groups in total. The minimum Gasteiger partial charge on any atom is -0.493 e. The standard InChI is InChI=1S/C53H67N7O8/c1-6-59(41-19-27-67-28-20-41)46-31-40(30-44(37(46)4)50(63)55-32-45-35(2)29-36(3)56-51(45)64)39-15-13-38(14-16-39)33-58-24-22-57(23-25-58)21-8-7-9-26-68-47-12-10-11-43-49(47)53(66)60(52(43)65)42(34-61)17-18-48(62)54-5/h10-16,29-31,34,41-42H,6-9,17-28,32-33H2,1-5H3,(H,54,62)(H,55,63)(H,56,64). The summed E-state index contributed by atoms with van der Waals surface area (Å²) in [5.41, 5.74) is 8.19. The van der Waals surface area contributed by atoms with Gasteiger partial charge >= 0.3 is 0 Å². The van der Waals surface area contributed by atoms with Crippen LogP contribution < -0.4 is 25.8 Å². The molecule has 3 aliphatic heterocycles. The maximum atomic E-state index is 14.0. The lowest BCUT2D eigenvalue weighted by atomic mass is 9.94. The number of hydrogen-bond acceptors (Lipinski definition) is 11. The molecule has 7 rings (SSSR count). The van der Waals surface area contributed by atoms with Crippen LogP contribution in [0.3, 0.4) is 0 Å². The van der Waals surface area contributed by atoms with Crippen molar-refractivity contribution in [2.75, 3.05) is 71.0 Å². The first-order valence-corrected chi connectivity index (χ1v) is 24.2. The summed E-state index contributed by atoms with van der Waals surface area (Å²) in [6.45, 7) is 16.5. The van der Waals surface area contributed by atoms with Gasteiger partial charge in [0.25, 0.3) is 23.3 Å². The molecule has 2 saturated heterocycles. The number of piperazine rings is 1. The Balaban J connectivity index is 0.900. The SMILES string of the molecule is CCN(c1cc(-c2ccc(CN3CCN(CCCCCOc4cccc5c4C(=O)N(C(C=O)CCC(=O)NC)C5=O)CC3)cc2)cc(C(=O)NCc2c(C)cc(C)[nH]c2=O)c1C)C1CCOCC1. The second-order valence-corrected chi connectivity index (χ2v) is 18.2. The highest BCUT2D eigenvalue weighted by molar-refractivity contribution is 6.23. The van der Waals surface area contributed by atoms with E-state index in [-0.39, 0.29) is 47.9 Å². The van der Waals surface area contributed by atoms with Crippen molar-refractivity contribution in [1.29, 1.82) is 0 Å². The average molecular weight is 930 g/mol. The predicted octanol–water partition coefficient (Wildman–Crippen LogP) is 5.96. The first kappa shape index (κ1) is 49.7. The number of amides is 4. The molecule has 362 valence electrons. The Morgan fingerprint density at radius 2 is 1.65 bits per heavy atom. The van der Waals surface area contributed by atoms with E-state index in [0.29, 0.717) is 35.8 Å². The first-order chi connectivity index (χ1) is 32.9. The third-order valence-corrected chi connectivity index (χ3v) is 13.7. The summed E-state index contributed by atoms with van der Waals surface area (Å²) in [4.78, 5) is 88.1. The number of fused-ring (bicyclic) bond motifs is 1. The lowest BCUT2D eigenvalue weighted by molar-refractivity contribution is -0.121. The van der Waals surface area contributed by atoms with Crippen molar-refractivity contribution in [3.05, 3.63) is 116 Å². The second-order valence-electron chi connectivity index (χ2n) is 18.2. The third kappa shape index (κ3) is 11.7. The summed E-state index contributed by atoms with van der Waals surface area (Å²) in [5, 5.41) is 5.55. The van der Waals surface area contributed by atoms with Crippen LogP contribution in [0, 0.1) is 20.8 Å². The normalized spacial score (nSPS) is 16.1. The van der Waals surface area contributed by atoms with Gasteiger partial charge < -0.3 is 39.7 Å². The smallest absolute Gasteiger partial charge is 0.265 e. The van der Waals surface area contributed by atoms with Crippen molar-refractivity contribution in [2.45, 2.75) is 97.8 Å². The predicted molar refractivity (Wildman–Crippen MR) is 262 cm³/mol. The summed E-state index contributed by atoms with van der Waals surface area (Å²) < 4.78 is 11.7. The summed E-state index contributed by atoms with van der Waals surface area (Å²) >= 11 is 0. The summed E-state index contributed by atoms with van der Waals surface area (Å²) in [7, 11) is 1.49. The van der Waals surface area contributed by atoms with Gasteiger partial charge in [-0.2, -0.15) is 0 Å². The van der Waals surface area contributed by atoms with Crippen LogP contribution in [0.2, 0.25) is 0 Å². The number of nitrogens with zero attached hydrogens (tertiary/aromatic N) is 4. The molecule has 4 aromatic rings. The van der Waals surface area contributed by atoms with Gasteiger partial charge in [0.1, 0.15) is 12.0 Å². The number of unbranched alkanes of at least 4 members (excludes halogenated alkanes) is 2. The third-order valence-electron chi connectivity index (χ3n) is 13.7. The molecule has 1 atom stereocenters. The van der Waals surface area contributed by atoms with Crippen molar-refractivity contribution in [3.8, 4) is 16.9 Å². The average Bonchev–Trinajstić information content (AvgIpc) is 3.60. The maximum Gasteiger partial charge on any atom is 0.265 e. The van der Waals surface area contributed by atoms with Gasteiger partial charge in [0.15, 0.2) is 0 Å². The van der Waals surface area contributed by atoms with Crippen LogP contribution in [-0.4, -0.2) is 128 Å². The number of hydrogen-bond donors (Lipinski definition) is 3. The van der Waals surface area contributed by atoms with Crippen molar-refractivity contribution in [3.63, 3.8) is 0 Å². The zero-order valence-corrected chi connectivity index (χ0v) is 40.3. The minimum absolute atomic E-state index is 0.0174. The number of anilines is 1. The fraction of sp³-hybridized carbons (Fsp3) is 0.472. The van der Waals surface area contributed by atoms with Crippen LogP contribution in [0.15, 0.2) is 65.5 Å². The van der Waals surface area contributed by atoms with E-state index in [1.807, 2.05) is 32.9 Å². The molecule has 3 aliphatic rings. The van der Waals surface area contributed by atoms with Gasteiger partial charge in [-0.1, -0.05) is 30.3 Å². The van der Waals surface area contributed by atoms with Gasteiger partial charge in [0, 0.05) is 101 Å². The van der Waals surface area contributed by atoms with E-state index in [1.54, 1.807) is 18.2 Å². The zero-order chi connectivity index (χ0) is 48.3. The lowest BCUT2D eigenvalue weighted by Gasteiger charge is -2.37. The number of ether oxygens (including phenoxy) is 2. The van der Waals surface area contributed by atoms with E-state index in [2.05, 4.69) is 67.6 Å². The van der Waals surface area contributed by atoms with Gasteiger partial charge in [-0.25, -0.2) is 0 Å². The Kier molecular flexibility index (Phi) is 17.0. The molecule has 0 aliphatic carbocycles. The highest BCUT2D eigenvalue weighted by Gasteiger charge is 2.42. The molecule has 68 heavy (non-hydrogen) atoms. The van der Waals surface area contributed by atoms with Crippen molar-refractivity contribution < 1.29 is 33.4 Å². The maximum absolute atomic E-state index is 14.0. The summed E-state index contributed by atoms with van der Waals surface area (Å²) in [6, 6.07) is 19.0. The molecule has 0 saturated carbocycles. The number of carbonyl (C=O) groups excluding carboxylic acids is 5. The molecule has 4 amide bonds. The van der Waals surface area contributed by atoms with Crippen LogP contribution in [0.25, 0.3) is 11.1 Å². The van der Waals surface area contributed by atoms with E-state index < -0.39 is 17.9 Å². The van der Waals surface area contributed by atoms with E-state index in [4.69, 9.17) is 9.47 Å². The molecule has 2 fully saturated rings. The molecule has 1 aromatic heterocycles. The quantitative estimate of drug-likeness (QED) is 0.0512. The van der Waals surface area contributed by atoms with Crippen LogP contribution >= 0.6 is 0 Å². The van der Waals surface area contributed by atoms with Gasteiger partial charge in [-0.05, 0) is 131 Å². The number of nitrogens with one attached hydrogen (secondary N) is 3. The molecular formula is C53H67N7O8. The monoisotopic (exact) mass is 930 g/mol. The van der Waals surface area contributed by atoms with Crippen molar-refractivity contribution >= 4 is 35.6 Å². The molecular weight excluding hydrogens is 863 g/mol. The number of benzene rings is 3. The number of H-pyrrole nitrogens is 1. The van der Waals surface area contributed by atoms with Gasteiger partial charge in [-0.3, -0.25) is 33.8 Å². The van der Waals surface area contributed by atoms with E-state index in [0.717, 1.165) is 130 Å². The number of aromatic nitrogens is 1. The molecule has 0 spiro atoms. The van der Waals surface area contributed by atoms with Crippen LogP contribution in [0.5, 0.6) is 5.75 Å². The molecule has 15 nitrogen and oxygen atoms in total. The Labute approximate surface area is 399 Å². The molecule has 0 bridgehead atoms. The summed E-state index contributed by atoms with van der Waals surface area (Å²) in [5.74, 6) is -1.28. The molecule has 3 aromatic carbocycles. The number of rotatable bonds is 21. The van der Waals surface area contributed by atoms with Crippen LogP contribution in [0.1, 0.15) is 111 Å². The van der Waals surface area contributed by atoms with Gasteiger partial charge in [-0.15, -0.1) is 0 Å². The van der Waals surface area contributed by atoms with Gasteiger partial charge in [0.2, 0.25) is 5.91 Å². The Hall–Kier alpha value is -6.16. The Morgan fingerprint density at radius 3 is 2.34 bits per heavy atom. The van der Waals surface area contributed by atoms with Crippen molar-refractivity contribution in [1.82, 2.24) is 30.3 Å². The van der Waals surface area contributed by atoms with E-state index in [1.165, 1.54) is 12.6 Å². The second kappa shape index (κ2) is 23.2. The molecule has 0 radical (unpaired) electrons. The fourth-order valence-corrected chi connectivity index (χ4v) is 9.77. The van der Waals surface area contributed by atoms with E-state index >= 15 is 0 Å². The first-order valence-electron chi connectivity index (χ1n) is 24.2. The Bertz CT molecular complexity index is 2510. The van der Waals surface area contributed by atoms with E-state index in [9.17, 15) is 28.8 Å². The largest absolute Gasteiger partial charge is 0.493 e. The summed E-state index contributed by atoms with van der Waals surface area (Å²) in [6.07, 6.45) is 5.21. The van der Waals surface area contributed by atoms with Gasteiger partial charge in [0.05, 0.1) is 23.8 Å². The zero-order valence-electron chi connectivity index (χ0n) is 40.3. The number of pyridine rings is 1. The number of imide groups is 1. The number of aryl methyl sites for hydroxylation is 2. The highest BCUT2D eigenvalue weighted by Crippen LogP contribution is 2.35. The topological polar surface area (TPSA) is 174 Å². The molecule has 15 heteroatoms. The van der Waals surface area contributed by atoms with Crippen LogP contribution in [0.4, 0.5) is 5.69 Å². The Morgan fingerprint density at radius 1 is 0.912 bits per heavy atom. The number of aromatic amines is 1. The highest BCUT2D eigenvalue weighted by atomic mass is 16.5. The van der Waals surface area contributed by atoms with Crippen LogP contribution in [-0.2, 0) is 27.4 Å². The number of carbonyl (C=O) groups is 5.